The van der Waals surface area contributed by atoms with Crippen LogP contribution in [0.2, 0.25) is 0 Å². The average Bonchev–Trinajstić information content (AvgIpc) is 3.32. The van der Waals surface area contributed by atoms with Crippen molar-refractivity contribution in [2.24, 2.45) is 0 Å². The van der Waals surface area contributed by atoms with Gasteiger partial charge in [0.15, 0.2) is 0 Å². The molecule has 0 radical (unpaired) electrons. The second-order valence-electron chi connectivity index (χ2n) is 8.24. The molecular weight excluding hydrogens is 436 g/mol. The van der Waals surface area contributed by atoms with E-state index >= 15 is 0 Å². The van der Waals surface area contributed by atoms with Crippen LogP contribution in [0.25, 0.3) is 0 Å². The Morgan fingerprint density at radius 3 is 2.82 bits per heavy atom. The molecular formula is C24H28N6O4. The van der Waals surface area contributed by atoms with Crippen molar-refractivity contribution in [3.8, 4) is 6.01 Å². The quantitative estimate of drug-likeness (QED) is 0.359. The molecule has 0 spiro atoms. The number of fused-ring (bicyclic) bond motifs is 1. The van der Waals surface area contributed by atoms with Crippen LogP contribution in [-0.4, -0.2) is 50.6 Å². The van der Waals surface area contributed by atoms with E-state index in [0.717, 1.165) is 55.7 Å². The van der Waals surface area contributed by atoms with E-state index in [1.807, 2.05) is 0 Å². The van der Waals surface area contributed by atoms with Gasteiger partial charge >= 0.3 is 12.0 Å². The molecule has 0 aliphatic carbocycles. The molecule has 10 nitrogen and oxygen atoms in total. The number of anilines is 1. The van der Waals surface area contributed by atoms with Gasteiger partial charge in [-0.1, -0.05) is 6.07 Å². The third-order valence-electron chi connectivity index (χ3n) is 5.75. The number of amides is 1. The van der Waals surface area contributed by atoms with Gasteiger partial charge in [-0.25, -0.2) is 15.0 Å². The van der Waals surface area contributed by atoms with Crippen molar-refractivity contribution in [3.05, 3.63) is 64.9 Å². The number of aryl methyl sites for hydroxylation is 3. The minimum atomic E-state index is -1.04. The van der Waals surface area contributed by atoms with Crippen LogP contribution in [0.15, 0.2) is 36.8 Å². The predicted molar refractivity (Wildman–Crippen MR) is 125 cm³/mol. The maximum absolute atomic E-state index is 12.8. The highest BCUT2D eigenvalue weighted by Crippen LogP contribution is 2.21. The van der Waals surface area contributed by atoms with Gasteiger partial charge in [0.1, 0.15) is 11.5 Å². The Labute approximate surface area is 197 Å². The molecule has 1 aliphatic rings. The number of aliphatic carboxylic acids is 1. The van der Waals surface area contributed by atoms with E-state index in [9.17, 15) is 14.7 Å². The molecule has 0 aromatic carbocycles. The maximum atomic E-state index is 12.8. The van der Waals surface area contributed by atoms with Crippen molar-refractivity contribution in [1.29, 1.82) is 0 Å². The summed E-state index contributed by atoms with van der Waals surface area (Å²) in [6.07, 6.45) is 9.16. The number of rotatable bonds is 10. The molecule has 1 amide bonds. The van der Waals surface area contributed by atoms with Crippen LogP contribution < -0.4 is 15.4 Å². The zero-order valence-electron chi connectivity index (χ0n) is 19.0. The Bertz CT molecular complexity index is 1140. The first kappa shape index (κ1) is 23.2. The second kappa shape index (κ2) is 10.8. The number of hydrogen-bond donors (Lipinski definition) is 4. The minimum Gasteiger partial charge on any atom is -0.481 e. The van der Waals surface area contributed by atoms with Gasteiger partial charge in [-0.2, -0.15) is 0 Å². The molecule has 10 heteroatoms. The summed E-state index contributed by atoms with van der Waals surface area (Å²) in [5.74, 6) is -0.433. The molecule has 0 bridgehead atoms. The Balaban J connectivity index is 1.33. The molecule has 4 heterocycles. The number of aromatic nitrogens is 4. The highest BCUT2D eigenvalue weighted by molar-refractivity contribution is 5.93. The van der Waals surface area contributed by atoms with E-state index in [2.05, 4.69) is 37.7 Å². The highest BCUT2D eigenvalue weighted by Gasteiger charge is 2.21. The van der Waals surface area contributed by atoms with Crippen LogP contribution >= 0.6 is 0 Å². The van der Waals surface area contributed by atoms with Crippen molar-refractivity contribution >= 4 is 17.7 Å². The number of ether oxygens (including phenoxy) is 1. The first-order valence-electron chi connectivity index (χ1n) is 11.3. The summed E-state index contributed by atoms with van der Waals surface area (Å²) in [6.45, 7) is 0.969. The van der Waals surface area contributed by atoms with E-state index < -0.39 is 17.9 Å². The normalized spacial score (nSPS) is 13.4. The lowest BCUT2D eigenvalue weighted by molar-refractivity contribution is -0.137. The van der Waals surface area contributed by atoms with Crippen molar-refractivity contribution < 1.29 is 19.4 Å². The summed E-state index contributed by atoms with van der Waals surface area (Å²) >= 11 is 0. The monoisotopic (exact) mass is 464 g/mol. The summed E-state index contributed by atoms with van der Waals surface area (Å²) in [7, 11) is 1.44. The van der Waals surface area contributed by atoms with Gasteiger partial charge in [-0.05, 0) is 55.4 Å². The number of carboxylic acids is 1. The number of carbonyl (C=O) groups is 2. The number of nitrogens with zero attached hydrogens (tertiary/aromatic N) is 3. The molecule has 0 fully saturated rings. The first-order chi connectivity index (χ1) is 16.5. The molecule has 34 heavy (non-hydrogen) atoms. The van der Waals surface area contributed by atoms with Gasteiger partial charge in [0.25, 0.3) is 5.91 Å². The first-order valence-corrected chi connectivity index (χ1v) is 11.3. The summed E-state index contributed by atoms with van der Waals surface area (Å²) in [5.41, 5.74) is 4.19. The summed E-state index contributed by atoms with van der Waals surface area (Å²) < 4.78 is 4.93. The Kier molecular flexibility index (Phi) is 7.36. The van der Waals surface area contributed by atoms with E-state index in [4.69, 9.17) is 9.72 Å². The van der Waals surface area contributed by atoms with Crippen molar-refractivity contribution in [2.45, 2.75) is 44.6 Å². The number of nitrogens with one attached hydrogen (secondary N) is 3. The van der Waals surface area contributed by atoms with Crippen molar-refractivity contribution in [3.63, 3.8) is 0 Å². The van der Waals surface area contributed by atoms with Crippen LogP contribution in [-0.2, 0) is 24.1 Å². The van der Waals surface area contributed by atoms with Crippen molar-refractivity contribution in [2.75, 3.05) is 19.0 Å². The minimum absolute atomic E-state index is 0.167. The molecule has 3 aromatic heterocycles. The fourth-order valence-corrected chi connectivity index (χ4v) is 3.97. The van der Waals surface area contributed by atoms with Gasteiger partial charge in [0, 0.05) is 36.4 Å². The van der Waals surface area contributed by atoms with Gasteiger partial charge in [0.05, 0.1) is 19.6 Å². The molecule has 178 valence electrons. The largest absolute Gasteiger partial charge is 0.481 e. The molecule has 0 saturated heterocycles. The number of H-pyrrole nitrogens is 1. The SMILES string of the molecule is COc1ncc([C@H](CC(=O)O)NC(=O)c2cc(CCCc3ccc4c(n3)NCCC4)c[nH]2)cn1. The van der Waals surface area contributed by atoms with Crippen LogP contribution in [0, 0.1) is 0 Å². The molecule has 1 aliphatic heterocycles. The third kappa shape index (κ3) is 5.89. The number of methoxy groups -OCH3 is 1. The number of carboxylic acid groups (broad SMARTS) is 1. The van der Waals surface area contributed by atoms with Crippen molar-refractivity contribution in [1.82, 2.24) is 25.3 Å². The predicted octanol–water partition coefficient (Wildman–Crippen LogP) is 2.69. The van der Waals surface area contributed by atoms with Gasteiger partial charge in [-0.15, -0.1) is 0 Å². The average molecular weight is 465 g/mol. The van der Waals surface area contributed by atoms with Crippen LogP contribution in [0.1, 0.15) is 58.2 Å². The van der Waals surface area contributed by atoms with E-state index in [-0.39, 0.29) is 12.4 Å². The summed E-state index contributed by atoms with van der Waals surface area (Å²) in [5, 5.41) is 15.4. The lowest BCUT2D eigenvalue weighted by atomic mass is 10.0. The Morgan fingerprint density at radius 2 is 2.06 bits per heavy atom. The topological polar surface area (TPSA) is 142 Å². The summed E-state index contributed by atoms with van der Waals surface area (Å²) in [6, 6.07) is 5.43. The van der Waals surface area contributed by atoms with Gasteiger partial charge in [-0.3, -0.25) is 9.59 Å². The number of carbonyl (C=O) groups excluding carboxylic acids is 1. The van der Waals surface area contributed by atoms with E-state index in [1.165, 1.54) is 25.1 Å². The second-order valence-corrected chi connectivity index (χ2v) is 8.24. The molecule has 0 saturated carbocycles. The summed E-state index contributed by atoms with van der Waals surface area (Å²) in [4.78, 5) is 39.8. The standard InChI is InChI=1S/C24H28N6O4/c1-34-24-27-13-17(14-28-24)19(11-21(31)32)30-23(33)20-10-15(12-26-20)4-2-6-18-8-7-16-5-3-9-25-22(16)29-18/h7-8,10,12-14,19,26H,2-6,9,11H2,1H3,(H,25,29)(H,30,33)(H,31,32)/t19-/m0/s1. The molecule has 4 N–H and O–H groups in total. The fraction of sp³-hybridized carbons (Fsp3) is 0.375. The molecule has 3 aromatic rings. The fourth-order valence-electron chi connectivity index (χ4n) is 3.97. The van der Waals surface area contributed by atoms with Crippen LogP contribution in [0.4, 0.5) is 5.82 Å². The zero-order chi connectivity index (χ0) is 23.9. The number of hydrogen-bond acceptors (Lipinski definition) is 7. The van der Waals surface area contributed by atoms with Gasteiger partial charge in [0.2, 0.25) is 0 Å². The number of pyridine rings is 1. The Morgan fingerprint density at radius 1 is 1.24 bits per heavy atom. The lowest BCUT2D eigenvalue weighted by Gasteiger charge is -2.17. The van der Waals surface area contributed by atoms with E-state index in [1.54, 1.807) is 12.3 Å². The van der Waals surface area contributed by atoms with Gasteiger partial charge < -0.3 is 25.5 Å². The zero-order valence-corrected chi connectivity index (χ0v) is 19.0. The van der Waals surface area contributed by atoms with Crippen LogP contribution in [0.3, 0.4) is 0 Å². The van der Waals surface area contributed by atoms with Crippen LogP contribution in [0.5, 0.6) is 6.01 Å². The Hall–Kier alpha value is -3.95. The smallest absolute Gasteiger partial charge is 0.316 e. The third-order valence-corrected chi connectivity index (χ3v) is 5.75. The van der Waals surface area contributed by atoms with E-state index in [0.29, 0.717) is 11.3 Å². The molecule has 4 rings (SSSR count). The highest BCUT2D eigenvalue weighted by atomic mass is 16.5. The lowest BCUT2D eigenvalue weighted by Crippen LogP contribution is -2.30. The molecule has 1 atom stereocenters. The maximum Gasteiger partial charge on any atom is 0.316 e. The number of aromatic amines is 1. The molecule has 0 unspecified atom stereocenters.